The molecule has 2 atom stereocenters. The second kappa shape index (κ2) is 13.0. The molecule has 1 aliphatic rings. The van der Waals surface area contributed by atoms with E-state index in [-0.39, 0.29) is 30.1 Å². The molecular weight excluding hydrogens is 530 g/mol. The fourth-order valence-corrected chi connectivity index (χ4v) is 5.59. The van der Waals surface area contributed by atoms with Crippen LogP contribution in [0, 0.1) is 12.8 Å². The van der Waals surface area contributed by atoms with Gasteiger partial charge in [0.05, 0.1) is 12.6 Å². The van der Waals surface area contributed by atoms with Crippen LogP contribution in [-0.2, 0) is 22.6 Å². The Morgan fingerprint density at radius 1 is 0.976 bits per heavy atom. The SMILES string of the molecule is Cc1nc2n(n1)CCN(C(=O)c1ccccc1)CCCC(=O)N[C@H](Cc1c[nH]c3ccccc13)C(=O)N[C@H]2CC(C)C. The van der Waals surface area contributed by atoms with Gasteiger partial charge in [-0.2, -0.15) is 5.10 Å². The van der Waals surface area contributed by atoms with Crippen LogP contribution in [0.3, 0.4) is 0 Å². The third-order valence-electron chi connectivity index (χ3n) is 7.61. The Kier molecular flexibility index (Phi) is 9.00. The predicted molar refractivity (Wildman–Crippen MR) is 161 cm³/mol. The highest BCUT2D eigenvalue weighted by Crippen LogP contribution is 2.23. The van der Waals surface area contributed by atoms with Gasteiger partial charge in [-0.15, -0.1) is 0 Å². The molecule has 0 spiro atoms. The number of nitrogens with zero attached hydrogens (tertiary/aromatic N) is 4. The van der Waals surface area contributed by atoms with Gasteiger partial charge in [0.1, 0.15) is 17.7 Å². The Hall–Kier alpha value is -4.47. The van der Waals surface area contributed by atoms with Crippen molar-refractivity contribution in [1.82, 2.24) is 35.3 Å². The molecule has 0 radical (unpaired) electrons. The Morgan fingerprint density at radius 2 is 1.74 bits per heavy atom. The average Bonchev–Trinajstić information content (AvgIpc) is 3.56. The van der Waals surface area contributed by atoms with Crippen molar-refractivity contribution in [2.75, 3.05) is 13.1 Å². The summed E-state index contributed by atoms with van der Waals surface area (Å²) in [6, 6.07) is 15.9. The summed E-state index contributed by atoms with van der Waals surface area (Å²) in [6.45, 7) is 7.24. The van der Waals surface area contributed by atoms with E-state index in [0.29, 0.717) is 56.1 Å². The van der Waals surface area contributed by atoms with Crippen molar-refractivity contribution in [1.29, 1.82) is 0 Å². The highest BCUT2D eigenvalue weighted by Gasteiger charge is 2.29. The molecule has 0 saturated carbocycles. The molecule has 4 aromatic rings. The topological polar surface area (TPSA) is 125 Å². The van der Waals surface area contributed by atoms with E-state index < -0.39 is 12.1 Å². The molecule has 2 aromatic heterocycles. The molecule has 3 heterocycles. The normalized spacial score (nSPS) is 18.8. The number of aromatic amines is 1. The number of rotatable bonds is 5. The van der Waals surface area contributed by atoms with Gasteiger partial charge in [0, 0.05) is 48.6 Å². The van der Waals surface area contributed by atoms with Crippen molar-refractivity contribution < 1.29 is 14.4 Å². The van der Waals surface area contributed by atoms with Gasteiger partial charge in [-0.25, -0.2) is 9.67 Å². The van der Waals surface area contributed by atoms with E-state index in [1.165, 1.54) is 0 Å². The van der Waals surface area contributed by atoms with Gasteiger partial charge < -0.3 is 20.5 Å². The standard InChI is InChI=1S/C32H39N7O3/c1-21(2)18-27-30-34-22(3)37-39(30)17-16-38(32(42)23-10-5-4-6-11-23)15-9-14-29(40)35-28(31(41)36-27)19-24-20-33-26-13-8-7-12-25(24)26/h4-8,10-13,20-21,27-28,33H,9,14-19H2,1-3H3,(H,35,40)(H,36,41)/t27-,28+/m0/s1. The second-order valence-corrected chi connectivity index (χ2v) is 11.4. The van der Waals surface area contributed by atoms with E-state index in [9.17, 15) is 14.4 Å². The zero-order chi connectivity index (χ0) is 29.6. The van der Waals surface area contributed by atoms with E-state index in [2.05, 4.69) is 34.6 Å². The van der Waals surface area contributed by atoms with Crippen LogP contribution in [0.25, 0.3) is 10.9 Å². The van der Waals surface area contributed by atoms with Crippen molar-refractivity contribution in [3.63, 3.8) is 0 Å². The molecule has 0 saturated heterocycles. The number of hydrogen-bond acceptors (Lipinski definition) is 5. The van der Waals surface area contributed by atoms with Crippen LogP contribution < -0.4 is 10.6 Å². The zero-order valence-corrected chi connectivity index (χ0v) is 24.5. The van der Waals surface area contributed by atoms with Gasteiger partial charge in [0.2, 0.25) is 11.8 Å². The molecule has 5 rings (SSSR count). The molecule has 42 heavy (non-hydrogen) atoms. The first-order chi connectivity index (χ1) is 20.3. The molecule has 0 unspecified atom stereocenters. The number of para-hydroxylation sites is 1. The maximum absolute atomic E-state index is 13.9. The lowest BCUT2D eigenvalue weighted by Crippen LogP contribution is -2.49. The van der Waals surface area contributed by atoms with Crippen molar-refractivity contribution in [3.05, 3.63) is 83.6 Å². The summed E-state index contributed by atoms with van der Waals surface area (Å²) in [7, 11) is 0. The molecule has 1 aliphatic heterocycles. The van der Waals surface area contributed by atoms with E-state index >= 15 is 0 Å². The first kappa shape index (κ1) is 29.0. The first-order valence-corrected chi connectivity index (χ1v) is 14.7. The smallest absolute Gasteiger partial charge is 0.253 e. The van der Waals surface area contributed by atoms with Crippen LogP contribution in [0.4, 0.5) is 0 Å². The van der Waals surface area contributed by atoms with Crippen LogP contribution in [-0.4, -0.2) is 61.5 Å². The Bertz CT molecular complexity index is 1540. The van der Waals surface area contributed by atoms with Crippen LogP contribution in [0.2, 0.25) is 0 Å². The lowest BCUT2D eigenvalue weighted by atomic mass is 10.0. The minimum Gasteiger partial charge on any atom is -0.361 e. The number of fused-ring (bicyclic) bond motifs is 2. The molecule has 3 N–H and O–H groups in total. The quantitative estimate of drug-likeness (QED) is 0.336. The lowest BCUT2D eigenvalue weighted by Gasteiger charge is -2.27. The number of hydrogen-bond donors (Lipinski definition) is 3. The molecule has 0 aliphatic carbocycles. The minimum absolute atomic E-state index is 0.0919. The van der Waals surface area contributed by atoms with Gasteiger partial charge in [-0.05, 0) is 49.4 Å². The Balaban J connectivity index is 1.47. The van der Waals surface area contributed by atoms with Crippen molar-refractivity contribution in [2.45, 2.75) is 65.1 Å². The van der Waals surface area contributed by atoms with E-state index in [1.54, 1.807) is 17.0 Å². The van der Waals surface area contributed by atoms with Crippen LogP contribution in [0.1, 0.15) is 66.7 Å². The van der Waals surface area contributed by atoms with Crippen LogP contribution in [0.15, 0.2) is 60.8 Å². The summed E-state index contributed by atoms with van der Waals surface area (Å²) in [4.78, 5) is 50.2. The maximum atomic E-state index is 13.9. The largest absolute Gasteiger partial charge is 0.361 e. The summed E-state index contributed by atoms with van der Waals surface area (Å²) < 4.78 is 1.81. The van der Waals surface area contributed by atoms with Crippen molar-refractivity contribution in [3.8, 4) is 0 Å². The number of carbonyl (C=O) groups excluding carboxylic acids is 3. The van der Waals surface area contributed by atoms with E-state index in [4.69, 9.17) is 4.98 Å². The third kappa shape index (κ3) is 6.87. The Labute approximate surface area is 245 Å². The molecule has 0 fully saturated rings. The van der Waals surface area contributed by atoms with Gasteiger partial charge in [-0.1, -0.05) is 50.2 Å². The lowest BCUT2D eigenvalue weighted by molar-refractivity contribution is -0.129. The first-order valence-electron chi connectivity index (χ1n) is 14.7. The number of aryl methyl sites for hydroxylation is 1. The molecule has 2 aromatic carbocycles. The fourth-order valence-electron chi connectivity index (χ4n) is 5.59. The van der Waals surface area contributed by atoms with Gasteiger partial charge in [0.25, 0.3) is 5.91 Å². The van der Waals surface area contributed by atoms with E-state index in [0.717, 1.165) is 16.5 Å². The van der Waals surface area contributed by atoms with Crippen LogP contribution in [0.5, 0.6) is 0 Å². The molecule has 220 valence electrons. The summed E-state index contributed by atoms with van der Waals surface area (Å²) in [5.41, 5.74) is 2.53. The van der Waals surface area contributed by atoms with Gasteiger partial charge in [0.15, 0.2) is 0 Å². The van der Waals surface area contributed by atoms with Gasteiger partial charge in [-0.3, -0.25) is 14.4 Å². The molecule has 10 nitrogen and oxygen atoms in total. The number of aromatic nitrogens is 4. The highest BCUT2D eigenvalue weighted by atomic mass is 16.2. The van der Waals surface area contributed by atoms with Crippen LogP contribution >= 0.6 is 0 Å². The zero-order valence-electron chi connectivity index (χ0n) is 24.5. The van der Waals surface area contributed by atoms with E-state index in [1.807, 2.05) is 60.3 Å². The average molecular weight is 570 g/mol. The number of carbonyl (C=O) groups is 3. The summed E-state index contributed by atoms with van der Waals surface area (Å²) in [5.74, 6) is 0.934. The van der Waals surface area contributed by atoms with Crippen molar-refractivity contribution in [2.24, 2.45) is 5.92 Å². The number of amides is 3. The monoisotopic (exact) mass is 569 g/mol. The molecule has 3 amide bonds. The Morgan fingerprint density at radius 3 is 2.52 bits per heavy atom. The molecule has 10 heteroatoms. The molecular formula is C32H39N7O3. The summed E-state index contributed by atoms with van der Waals surface area (Å²) >= 11 is 0. The number of H-pyrrole nitrogens is 1. The predicted octanol–water partition coefficient (Wildman–Crippen LogP) is 3.93. The van der Waals surface area contributed by atoms with Crippen molar-refractivity contribution >= 4 is 28.6 Å². The molecule has 0 bridgehead atoms. The number of nitrogens with one attached hydrogen (secondary N) is 3. The summed E-state index contributed by atoms with van der Waals surface area (Å²) in [6.07, 6.45) is 3.53. The maximum Gasteiger partial charge on any atom is 0.253 e. The number of benzene rings is 2. The highest BCUT2D eigenvalue weighted by molar-refractivity contribution is 5.94. The van der Waals surface area contributed by atoms with Gasteiger partial charge >= 0.3 is 0 Å². The minimum atomic E-state index is -0.783. The summed E-state index contributed by atoms with van der Waals surface area (Å²) in [5, 5.41) is 11.8. The second-order valence-electron chi connectivity index (χ2n) is 11.4. The fraction of sp³-hybridized carbons (Fsp3) is 0.406. The third-order valence-corrected chi connectivity index (χ3v) is 7.61.